The highest BCUT2D eigenvalue weighted by Crippen LogP contribution is 2.19. The number of ether oxygens (including phenoxy) is 1. The van der Waals surface area contributed by atoms with Crippen molar-refractivity contribution in [3.63, 3.8) is 0 Å². The minimum atomic E-state index is -0.403. The van der Waals surface area contributed by atoms with Crippen LogP contribution in [0, 0.1) is 5.82 Å². The summed E-state index contributed by atoms with van der Waals surface area (Å²) in [4.78, 5) is 18.7. The maximum Gasteiger partial charge on any atom is 0.272 e. The van der Waals surface area contributed by atoms with Crippen LogP contribution in [0.25, 0.3) is 10.9 Å². The maximum absolute atomic E-state index is 13.9. The predicted octanol–water partition coefficient (Wildman–Crippen LogP) is 3.41. The number of hydrogen-bond donors (Lipinski definition) is 0. The van der Waals surface area contributed by atoms with E-state index in [-0.39, 0.29) is 17.5 Å². The van der Waals surface area contributed by atoms with Crippen LogP contribution < -0.4 is 0 Å². The molecule has 122 valence electrons. The van der Waals surface area contributed by atoms with Crippen molar-refractivity contribution in [2.45, 2.75) is 32.3 Å². The van der Waals surface area contributed by atoms with Gasteiger partial charge in [0.25, 0.3) is 5.91 Å². The molecule has 0 N–H and O–H groups in total. The largest absolute Gasteiger partial charge is 0.376 e. The van der Waals surface area contributed by atoms with Gasteiger partial charge in [-0.05, 0) is 31.4 Å². The third kappa shape index (κ3) is 3.50. The van der Waals surface area contributed by atoms with E-state index in [1.54, 1.807) is 29.2 Å². The number of aromatic nitrogens is 1. The van der Waals surface area contributed by atoms with Crippen molar-refractivity contribution in [1.29, 1.82) is 0 Å². The van der Waals surface area contributed by atoms with E-state index in [0.717, 1.165) is 19.3 Å². The first kappa shape index (κ1) is 15.9. The van der Waals surface area contributed by atoms with E-state index >= 15 is 0 Å². The van der Waals surface area contributed by atoms with Crippen LogP contribution in [0.1, 0.15) is 36.7 Å². The fourth-order valence-electron chi connectivity index (χ4n) is 2.94. The minimum Gasteiger partial charge on any atom is -0.376 e. The van der Waals surface area contributed by atoms with Crippen molar-refractivity contribution in [3.8, 4) is 0 Å². The van der Waals surface area contributed by atoms with E-state index in [4.69, 9.17) is 4.74 Å². The van der Waals surface area contributed by atoms with Gasteiger partial charge >= 0.3 is 0 Å². The number of likely N-dealkylation sites (tertiary alicyclic amines) is 1. The minimum absolute atomic E-state index is 0.0878. The van der Waals surface area contributed by atoms with Crippen LogP contribution in [-0.2, 0) is 4.74 Å². The van der Waals surface area contributed by atoms with Crippen molar-refractivity contribution in [2.75, 3.05) is 19.7 Å². The molecule has 2 aromatic rings. The first-order chi connectivity index (χ1) is 11.2. The molecule has 4 nitrogen and oxygen atoms in total. The number of carbonyl (C=O) groups excluding carboxylic acids is 1. The van der Waals surface area contributed by atoms with Gasteiger partial charge in [-0.15, -0.1) is 0 Å². The summed E-state index contributed by atoms with van der Waals surface area (Å²) in [6.07, 6.45) is 2.95. The number of amides is 1. The van der Waals surface area contributed by atoms with Gasteiger partial charge < -0.3 is 9.64 Å². The lowest BCUT2D eigenvalue weighted by Crippen LogP contribution is -2.43. The lowest BCUT2D eigenvalue weighted by Gasteiger charge is -2.32. The normalized spacial score (nSPS) is 18.3. The fourth-order valence-corrected chi connectivity index (χ4v) is 2.94. The molecular weight excluding hydrogens is 295 g/mol. The molecule has 2 heterocycles. The van der Waals surface area contributed by atoms with Gasteiger partial charge in [0.1, 0.15) is 17.0 Å². The molecule has 1 unspecified atom stereocenters. The maximum atomic E-state index is 13.9. The number of fused-ring (bicyclic) bond motifs is 1. The Hall–Kier alpha value is -2.01. The van der Waals surface area contributed by atoms with E-state index in [1.165, 1.54) is 6.07 Å². The number of hydrogen-bond acceptors (Lipinski definition) is 3. The Balaban J connectivity index is 1.78. The second-order valence-corrected chi connectivity index (χ2v) is 5.89. The number of rotatable bonds is 4. The standard InChI is InChI=1S/C18H21FN2O2/c1-2-11-23-14-6-4-10-21(12-14)18(22)16-9-8-13-5-3-7-15(19)17(13)20-16/h3,5,7-9,14H,2,4,6,10-12H2,1H3. The van der Waals surface area contributed by atoms with E-state index in [2.05, 4.69) is 11.9 Å². The van der Waals surface area contributed by atoms with Crippen molar-refractivity contribution >= 4 is 16.8 Å². The van der Waals surface area contributed by atoms with Crippen molar-refractivity contribution < 1.29 is 13.9 Å². The van der Waals surface area contributed by atoms with Crippen molar-refractivity contribution in [3.05, 3.63) is 41.8 Å². The fraction of sp³-hybridized carbons (Fsp3) is 0.444. The highest BCUT2D eigenvalue weighted by Gasteiger charge is 2.25. The zero-order chi connectivity index (χ0) is 16.2. The molecule has 5 heteroatoms. The van der Waals surface area contributed by atoms with E-state index in [0.29, 0.717) is 30.8 Å². The van der Waals surface area contributed by atoms with Gasteiger partial charge in [0, 0.05) is 25.1 Å². The van der Waals surface area contributed by atoms with Crippen LogP contribution in [0.3, 0.4) is 0 Å². The lowest BCUT2D eigenvalue weighted by molar-refractivity contribution is 0.00193. The van der Waals surface area contributed by atoms with Crippen LogP contribution in [0.15, 0.2) is 30.3 Å². The van der Waals surface area contributed by atoms with Gasteiger partial charge in [-0.1, -0.05) is 25.1 Å². The molecule has 0 aliphatic carbocycles. The summed E-state index contributed by atoms with van der Waals surface area (Å²) in [5.41, 5.74) is 0.535. The van der Waals surface area contributed by atoms with Crippen LogP contribution in [0.4, 0.5) is 4.39 Å². The average molecular weight is 316 g/mol. The molecule has 1 aliphatic rings. The number of para-hydroxylation sites is 1. The summed E-state index contributed by atoms with van der Waals surface area (Å²) in [6, 6.07) is 8.20. The molecule has 0 saturated carbocycles. The molecule has 1 aromatic carbocycles. The quantitative estimate of drug-likeness (QED) is 0.868. The molecule has 1 aliphatic heterocycles. The Morgan fingerprint density at radius 1 is 1.39 bits per heavy atom. The van der Waals surface area contributed by atoms with Crippen LogP contribution in [0.5, 0.6) is 0 Å². The molecule has 1 fully saturated rings. The van der Waals surface area contributed by atoms with Gasteiger partial charge in [-0.2, -0.15) is 0 Å². The molecule has 1 atom stereocenters. The summed E-state index contributed by atoms with van der Waals surface area (Å²) < 4.78 is 19.6. The number of benzene rings is 1. The number of carbonyl (C=O) groups is 1. The predicted molar refractivity (Wildman–Crippen MR) is 86.9 cm³/mol. The van der Waals surface area contributed by atoms with Crippen LogP contribution in [-0.4, -0.2) is 41.6 Å². The van der Waals surface area contributed by atoms with Gasteiger partial charge in [-0.3, -0.25) is 4.79 Å². The number of halogens is 1. The van der Waals surface area contributed by atoms with Gasteiger partial charge in [0.15, 0.2) is 0 Å². The molecule has 0 bridgehead atoms. The first-order valence-corrected chi connectivity index (χ1v) is 8.15. The van der Waals surface area contributed by atoms with Gasteiger partial charge in [0.2, 0.25) is 0 Å². The Bertz CT molecular complexity index is 704. The van der Waals surface area contributed by atoms with Gasteiger partial charge in [-0.25, -0.2) is 9.37 Å². The monoisotopic (exact) mass is 316 g/mol. The average Bonchev–Trinajstić information content (AvgIpc) is 2.60. The summed E-state index contributed by atoms with van der Waals surface area (Å²) in [6.45, 7) is 4.06. The highest BCUT2D eigenvalue weighted by molar-refractivity contribution is 5.95. The zero-order valence-corrected chi connectivity index (χ0v) is 13.3. The van der Waals surface area contributed by atoms with Crippen molar-refractivity contribution in [2.24, 2.45) is 0 Å². The molecule has 1 saturated heterocycles. The molecule has 0 radical (unpaired) electrons. The van der Waals surface area contributed by atoms with Crippen molar-refractivity contribution in [1.82, 2.24) is 9.88 Å². The molecule has 23 heavy (non-hydrogen) atoms. The number of piperidine rings is 1. The zero-order valence-electron chi connectivity index (χ0n) is 13.3. The van der Waals surface area contributed by atoms with E-state index < -0.39 is 5.82 Å². The second-order valence-electron chi connectivity index (χ2n) is 5.89. The van der Waals surface area contributed by atoms with Crippen LogP contribution >= 0.6 is 0 Å². The Kier molecular flexibility index (Phi) is 4.86. The molecule has 1 aromatic heterocycles. The Morgan fingerprint density at radius 3 is 3.09 bits per heavy atom. The smallest absolute Gasteiger partial charge is 0.272 e. The first-order valence-electron chi connectivity index (χ1n) is 8.15. The topological polar surface area (TPSA) is 42.4 Å². The highest BCUT2D eigenvalue weighted by atomic mass is 19.1. The second kappa shape index (κ2) is 7.04. The molecule has 0 spiro atoms. The lowest BCUT2D eigenvalue weighted by atomic mass is 10.1. The third-order valence-corrected chi connectivity index (χ3v) is 4.11. The molecule has 1 amide bonds. The summed E-state index contributed by atoms with van der Waals surface area (Å²) >= 11 is 0. The SMILES string of the molecule is CCCOC1CCCN(C(=O)c2ccc3cccc(F)c3n2)C1. The number of nitrogens with zero attached hydrogens (tertiary/aromatic N) is 2. The summed E-state index contributed by atoms with van der Waals surface area (Å²) in [5.74, 6) is -0.556. The van der Waals surface area contributed by atoms with Gasteiger partial charge in [0.05, 0.1) is 6.10 Å². The Morgan fingerprint density at radius 2 is 2.26 bits per heavy atom. The van der Waals surface area contributed by atoms with E-state index in [9.17, 15) is 9.18 Å². The summed E-state index contributed by atoms with van der Waals surface area (Å²) in [5, 5.41) is 0.698. The van der Waals surface area contributed by atoms with E-state index in [1.807, 2.05) is 0 Å². The number of pyridine rings is 1. The summed E-state index contributed by atoms with van der Waals surface area (Å²) in [7, 11) is 0. The third-order valence-electron chi connectivity index (χ3n) is 4.11. The molecule has 3 rings (SSSR count). The molecular formula is C18H21FN2O2. The Labute approximate surface area is 135 Å². The van der Waals surface area contributed by atoms with Crippen LogP contribution in [0.2, 0.25) is 0 Å².